The van der Waals surface area contributed by atoms with Crippen LogP contribution in [0, 0.1) is 21.4 Å². The van der Waals surface area contributed by atoms with E-state index in [2.05, 4.69) is 11.1 Å². The number of nitrogens with zero attached hydrogens (tertiary/aromatic N) is 3. The highest BCUT2D eigenvalue weighted by Gasteiger charge is 2.23. The normalized spacial score (nSPS) is 10.8. The Morgan fingerprint density at radius 3 is 2.30 bits per heavy atom. The number of ether oxygens (including phenoxy) is 1. The molecular formula is C25H17N3O5. The van der Waals surface area contributed by atoms with E-state index in [4.69, 9.17) is 9.15 Å². The van der Waals surface area contributed by atoms with Gasteiger partial charge in [0, 0.05) is 22.9 Å². The average molecular weight is 439 g/mol. The van der Waals surface area contributed by atoms with Crippen molar-refractivity contribution in [2.24, 2.45) is 4.99 Å². The highest BCUT2D eigenvalue weighted by atomic mass is 16.6. The second-order valence-electron chi connectivity index (χ2n) is 6.93. The van der Waals surface area contributed by atoms with Crippen LogP contribution >= 0.6 is 0 Å². The first-order valence-electron chi connectivity index (χ1n) is 9.80. The molecule has 1 N–H and O–H groups in total. The number of aliphatic imine (C=N–C) groups is 1. The van der Waals surface area contributed by atoms with Crippen LogP contribution in [0.1, 0.15) is 11.1 Å². The molecule has 0 saturated heterocycles. The average Bonchev–Trinajstić information content (AvgIpc) is 3.22. The molecule has 0 atom stereocenters. The summed E-state index contributed by atoms with van der Waals surface area (Å²) in [5, 5.41) is 31.5. The van der Waals surface area contributed by atoms with Gasteiger partial charge in [-0.05, 0) is 11.6 Å². The van der Waals surface area contributed by atoms with Gasteiger partial charge >= 0.3 is 5.69 Å². The van der Waals surface area contributed by atoms with Crippen LogP contribution in [0.5, 0.6) is 11.5 Å². The summed E-state index contributed by atoms with van der Waals surface area (Å²) >= 11 is 0. The molecule has 0 amide bonds. The second kappa shape index (κ2) is 9.08. The van der Waals surface area contributed by atoms with Gasteiger partial charge in [0.25, 0.3) is 0 Å². The Kier molecular flexibility index (Phi) is 5.87. The molecule has 0 saturated carbocycles. The number of nitro benzene ring substituents is 1. The first kappa shape index (κ1) is 21.3. The van der Waals surface area contributed by atoms with Crippen LogP contribution in [-0.4, -0.2) is 23.4 Å². The van der Waals surface area contributed by atoms with E-state index in [0.717, 1.165) is 17.2 Å². The Bertz CT molecular complexity index is 1390. The number of aromatic hydroxyl groups is 1. The van der Waals surface area contributed by atoms with Crippen molar-refractivity contribution < 1.29 is 19.2 Å². The van der Waals surface area contributed by atoms with Crippen molar-refractivity contribution in [3.05, 3.63) is 94.0 Å². The SMILES string of the molecule is COc1cc(C=Nc2oc(-c3ccccc3)c(-c3ccccc3)c2C#N)c(O)c([N+](=O)[O-])c1. The van der Waals surface area contributed by atoms with Gasteiger partial charge in [-0.3, -0.25) is 10.1 Å². The van der Waals surface area contributed by atoms with Gasteiger partial charge in [0.2, 0.25) is 11.6 Å². The number of methoxy groups -OCH3 is 1. The van der Waals surface area contributed by atoms with Gasteiger partial charge in [-0.25, -0.2) is 4.99 Å². The number of hydrogen-bond donors (Lipinski definition) is 1. The predicted octanol–water partition coefficient (Wildman–Crippen LogP) is 5.86. The summed E-state index contributed by atoms with van der Waals surface area (Å²) < 4.78 is 11.1. The maximum atomic E-state index is 11.3. The third-order valence-corrected chi connectivity index (χ3v) is 4.95. The van der Waals surface area contributed by atoms with Gasteiger partial charge in [-0.1, -0.05) is 60.7 Å². The van der Waals surface area contributed by atoms with Crippen molar-refractivity contribution in [2.45, 2.75) is 0 Å². The van der Waals surface area contributed by atoms with Crippen molar-refractivity contribution in [3.8, 4) is 40.0 Å². The number of nitro groups is 1. The molecule has 4 rings (SSSR count). The molecule has 0 aliphatic carbocycles. The summed E-state index contributed by atoms with van der Waals surface area (Å²) in [5.41, 5.74) is 1.84. The summed E-state index contributed by atoms with van der Waals surface area (Å²) in [4.78, 5) is 14.8. The molecule has 0 radical (unpaired) electrons. The van der Waals surface area contributed by atoms with Crippen molar-refractivity contribution in [2.75, 3.05) is 7.11 Å². The highest BCUT2D eigenvalue weighted by Crippen LogP contribution is 2.42. The second-order valence-corrected chi connectivity index (χ2v) is 6.93. The number of nitriles is 1. The van der Waals surface area contributed by atoms with Crippen LogP contribution in [0.25, 0.3) is 22.5 Å². The highest BCUT2D eigenvalue weighted by molar-refractivity contribution is 5.91. The number of phenolic OH excluding ortho intramolecular Hbond substituents is 1. The smallest absolute Gasteiger partial charge is 0.315 e. The molecule has 3 aromatic carbocycles. The lowest BCUT2D eigenvalue weighted by molar-refractivity contribution is -0.385. The third kappa shape index (κ3) is 4.16. The van der Waals surface area contributed by atoms with Gasteiger partial charge in [0.15, 0.2) is 0 Å². The molecule has 0 aliphatic heterocycles. The molecule has 1 aromatic heterocycles. The largest absolute Gasteiger partial charge is 0.502 e. The summed E-state index contributed by atoms with van der Waals surface area (Å²) in [6.07, 6.45) is 1.20. The molecule has 8 nitrogen and oxygen atoms in total. The fourth-order valence-corrected chi connectivity index (χ4v) is 3.38. The molecule has 0 aliphatic rings. The third-order valence-electron chi connectivity index (χ3n) is 4.95. The summed E-state index contributed by atoms with van der Waals surface area (Å²) in [7, 11) is 1.36. The zero-order valence-electron chi connectivity index (χ0n) is 17.4. The Hall–Kier alpha value is -4.90. The van der Waals surface area contributed by atoms with E-state index < -0.39 is 16.4 Å². The van der Waals surface area contributed by atoms with Gasteiger partial charge in [-0.2, -0.15) is 5.26 Å². The van der Waals surface area contributed by atoms with E-state index in [1.165, 1.54) is 19.4 Å². The summed E-state index contributed by atoms with van der Waals surface area (Å²) in [5.74, 6) is 0.0865. The van der Waals surface area contributed by atoms with Crippen molar-refractivity contribution >= 4 is 17.8 Å². The Morgan fingerprint density at radius 2 is 1.73 bits per heavy atom. The number of phenols is 1. The topological polar surface area (TPSA) is 122 Å². The van der Waals surface area contributed by atoms with Crippen LogP contribution in [-0.2, 0) is 0 Å². The lowest BCUT2D eigenvalue weighted by Crippen LogP contribution is -1.94. The Balaban J connectivity index is 1.89. The van der Waals surface area contributed by atoms with Crippen molar-refractivity contribution in [1.29, 1.82) is 5.26 Å². The fourth-order valence-electron chi connectivity index (χ4n) is 3.38. The molecule has 0 spiro atoms. The molecule has 162 valence electrons. The van der Waals surface area contributed by atoms with Crippen LogP contribution in [0.2, 0.25) is 0 Å². The lowest BCUT2D eigenvalue weighted by atomic mass is 9.98. The lowest BCUT2D eigenvalue weighted by Gasteiger charge is -2.04. The Labute approximate surface area is 188 Å². The quantitative estimate of drug-likeness (QED) is 0.228. The zero-order valence-corrected chi connectivity index (χ0v) is 17.4. The predicted molar refractivity (Wildman–Crippen MR) is 123 cm³/mol. The maximum Gasteiger partial charge on any atom is 0.315 e. The number of hydrogen-bond acceptors (Lipinski definition) is 7. The number of furan rings is 1. The van der Waals surface area contributed by atoms with Crippen LogP contribution in [0.15, 0.2) is 82.2 Å². The Morgan fingerprint density at radius 1 is 1.09 bits per heavy atom. The van der Waals surface area contributed by atoms with E-state index in [9.17, 15) is 20.5 Å². The first-order valence-corrected chi connectivity index (χ1v) is 9.80. The van der Waals surface area contributed by atoms with Crippen molar-refractivity contribution in [1.82, 2.24) is 0 Å². The van der Waals surface area contributed by atoms with Gasteiger partial charge in [0.05, 0.1) is 18.1 Å². The molecule has 4 aromatic rings. The fraction of sp³-hybridized carbons (Fsp3) is 0.0400. The summed E-state index contributed by atoms with van der Waals surface area (Å²) in [6, 6.07) is 23.3. The van der Waals surface area contributed by atoms with Crippen LogP contribution < -0.4 is 4.74 Å². The van der Waals surface area contributed by atoms with E-state index in [1.807, 2.05) is 60.7 Å². The number of rotatable bonds is 6. The van der Waals surface area contributed by atoms with E-state index in [-0.39, 0.29) is 22.8 Å². The molecule has 1 heterocycles. The summed E-state index contributed by atoms with van der Waals surface area (Å²) in [6.45, 7) is 0. The molecule has 33 heavy (non-hydrogen) atoms. The van der Waals surface area contributed by atoms with E-state index >= 15 is 0 Å². The monoisotopic (exact) mass is 439 g/mol. The van der Waals surface area contributed by atoms with E-state index in [1.54, 1.807) is 0 Å². The first-order chi connectivity index (χ1) is 16.0. The van der Waals surface area contributed by atoms with Gasteiger partial charge in [0.1, 0.15) is 23.1 Å². The zero-order chi connectivity index (χ0) is 23.4. The molecule has 0 unspecified atom stereocenters. The number of benzene rings is 3. The van der Waals surface area contributed by atoms with Crippen LogP contribution in [0.3, 0.4) is 0 Å². The molecule has 8 heteroatoms. The minimum atomic E-state index is -0.718. The minimum absolute atomic E-state index is 0.0140. The maximum absolute atomic E-state index is 11.3. The van der Waals surface area contributed by atoms with Crippen LogP contribution in [0.4, 0.5) is 11.6 Å². The minimum Gasteiger partial charge on any atom is -0.502 e. The van der Waals surface area contributed by atoms with Crippen molar-refractivity contribution in [3.63, 3.8) is 0 Å². The molecule has 0 bridgehead atoms. The van der Waals surface area contributed by atoms with Gasteiger partial charge < -0.3 is 14.3 Å². The van der Waals surface area contributed by atoms with Gasteiger partial charge in [-0.15, -0.1) is 0 Å². The standard InChI is InChI=1S/C25H17N3O5/c1-32-19-12-18(23(29)21(13-19)28(30)31)15-27-25-20(14-26)22(16-8-4-2-5-9-16)24(33-25)17-10-6-3-7-11-17/h2-13,15,29H,1H3. The van der Waals surface area contributed by atoms with E-state index in [0.29, 0.717) is 11.3 Å². The molecular weight excluding hydrogens is 422 g/mol. The molecule has 0 fully saturated rings.